The van der Waals surface area contributed by atoms with Crippen LogP contribution in [0.15, 0.2) is 83.8 Å². The van der Waals surface area contributed by atoms with Gasteiger partial charge in [-0.15, -0.1) is 0 Å². The second-order valence-corrected chi connectivity index (χ2v) is 14.0. The fourth-order valence-electron chi connectivity index (χ4n) is 6.44. The van der Waals surface area contributed by atoms with E-state index in [4.69, 9.17) is 27.9 Å². The molecule has 0 bridgehead atoms. The van der Waals surface area contributed by atoms with Gasteiger partial charge in [0, 0.05) is 29.2 Å². The van der Waals surface area contributed by atoms with Crippen molar-refractivity contribution in [3.8, 4) is 6.07 Å². The maximum absolute atomic E-state index is 14.2. The number of hydrogen-bond donors (Lipinski definition) is 0. The quantitative estimate of drug-likeness (QED) is 0.152. The predicted molar refractivity (Wildman–Crippen MR) is 188 cm³/mol. The molecule has 7 nitrogen and oxygen atoms in total. The molecule has 1 unspecified atom stereocenters. The Kier molecular flexibility index (Phi) is 11.7. The van der Waals surface area contributed by atoms with Gasteiger partial charge in [-0.3, -0.25) is 13.8 Å². The van der Waals surface area contributed by atoms with Crippen LogP contribution >= 0.6 is 23.2 Å². The highest BCUT2D eigenvalue weighted by Crippen LogP contribution is 2.34. The molecule has 4 aromatic rings. The van der Waals surface area contributed by atoms with Crippen molar-refractivity contribution >= 4 is 56.7 Å². The van der Waals surface area contributed by atoms with Crippen molar-refractivity contribution in [1.29, 1.82) is 5.26 Å². The van der Waals surface area contributed by atoms with Crippen LogP contribution in [0.2, 0.25) is 10.0 Å². The molecule has 0 saturated carbocycles. The number of benzene rings is 4. The van der Waals surface area contributed by atoms with Crippen LogP contribution in [0.25, 0.3) is 10.8 Å². The average Bonchev–Trinajstić information content (AvgIpc) is 3.10. The number of carbonyl (C=O) groups excluding carboxylic acids is 2. The van der Waals surface area contributed by atoms with Crippen LogP contribution in [0.3, 0.4) is 0 Å². The molecule has 0 aliphatic carbocycles. The molecule has 0 N–H and O–H groups in total. The monoisotopic (exact) mass is 689 g/mol. The number of esters is 1. The van der Waals surface area contributed by atoms with Gasteiger partial charge in [-0.25, -0.2) is 0 Å². The first-order chi connectivity index (χ1) is 22.7. The molecular weight excluding hydrogens is 653 g/mol. The first kappa shape index (κ1) is 34.6. The summed E-state index contributed by atoms with van der Waals surface area (Å²) in [5.41, 5.74) is 2.80. The number of nitrogens with zero attached hydrogens (tertiary/aromatic N) is 3. The minimum absolute atomic E-state index is 0.176. The van der Waals surface area contributed by atoms with Gasteiger partial charge in [-0.1, -0.05) is 71.7 Å². The lowest BCUT2D eigenvalue weighted by atomic mass is 9.88. The molecule has 0 radical (unpaired) electrons. The summed E-state index contributed by atoms with van der Waals surface area (Å²) in [6.07, 6.45) is 4.35. The summed E-state index contributed by atoms with van der Waals surface area (Å²) in [4.78, 5) is 31.7. The van der Waals surface area contributed by atoms with E-state index in [1.807, 2.05) is 54.6 Å². The van der Waals surface area contributed by atoms with Crippen molar-refractivity contribution in [2.24, 2.45) is 0 Å². The fraction of sp³-hybridized carbons (Fsp3) is 0.324. The zero-order chi connectivity index (χ0) is 33.5. The van der Waals surface area contributed by atoms with E-state index in [1.54, 1.807) is 24.5 Å². The highest BCUT2D eigenvalue weighted by molar-refractivity contribution is 7.84. The van der Waals surface area contributed by atoms with E-state index < -0.39 is 16.8 Å². The van der Waals surface area contributed by atoms with Crippen molar-refractivity contribution < 1.29 is 18.5 Å². The number of amides is 1. The molecule has 1 amide bonds. The Morgan fingerprint density at radius 1 is 1.02 bits per heavy atom. The highest BCUT2D eigenvalue weighted by Gasteiger charge is 2.28. The maximum atomic E-state index is 14.2. The molecule has 1 aliphatic rings. The Balaban J connectivity index is 1.39. The van der Waals surface area contributed by atoms with Gasteiger partial charge in [0.2, 0.25) is 0 Å². The van der Waals surface area contributed by atoms with E-state index in [-0.39, 0.29) is 24.9 Å². The Hall–Kier alpha value is -3.74. The molecule has 0 aromatic heterocycles. The van der Waals surface area contributed by atoms with Gasteiger partial charge in [0.15, 0.2) is 0 Å². The van der Waals surface area contributed by atoms with Crippen molar-refractivity contribution in [2.75, 3.05) is 46.1 Å². The third-order valence-corrected chi connectivity index (χ3v) is 10.7. The van der Waals surface area contributed by atoms with E-state index in [0.717, 1.165) is 48.3 Å². The van der Waals surface area contributed by atoms with Crippen LogP contribution in [-0.2, 0) is 20.3 Å². The summed E-state index contributed by atoms with van der Waals surface area (Å²) in [7, 11) is 0.260. The molecular formula is C37H37Cl2N3O4S. The van der Waals surface area contributed by atoms with Gasteiger partial charge in [-0.05, 0) is 97.0 Å². The Bertz CT molecular complexity index is 1830. The molecule has 1 heterocycles. The van der Waals surface area contributed by atoms with Crippen molar-refractivity contribution in [2.45, 2.75) is 36.0 Å². The van der Waals surface area contributed by atoms with E-state index >= 15 is 0 Å². The molecule has 2 atom stereocenters. The lowest BCUT2D eigenvalue weighted by Crippen LogP contribution is -2.40. The zero-order valence-electron chi connectivity index (χ0n) is 26.5. The molecule has 10 heteroatoms. The summed E-state index contributed by atoms with van der Waals surface area (Å²) in [5.74, 6) is -0.724. The summed E-state index contributed by atoms with van der Waals surface area (Å²) >= 11 is 12.7. The summed E-state index contributed by atoms with van der Waals surface area (Å²) in [6.45, 7) is 2.53. The maximum Gasteiger partial charge on any atom is 0.325 e. The van der Waals surface area contributed by atoms with Gasteiger partial charge in [0.1, 0.15) is 6.54 Å². The summed E-state index contributed by atoms with van der Waals surface area (Å²) in [5, 5.41) is 12.0. The molecule has 47 heavy (non-hydrogen) atoms. The van der Waals surface area contributed by atoms with Crippen molar-refractivity contribution in [1.82, 2.24) is 9.80 Å². The van der Waals surface area contributed by atoms with Crippen molar-refractivity contribution in [3.05, 3.63) is 111 Å². The van der Waals surface area contributed by atoms with Crippen LogP contribution in [0, 0.1) is 11.3 Å². The summed E-state index contributed by atoms with van der Waals surface area (Å²) < 4.78 is 17.3. The largest absolute Gasteiger partial charge is 0.468 e. The molecule has 1 fully saturated rings. The normalized spacial score (nSPS) is 15.1. The van der Waals surface area contributed by atoms with Gasteiger partial charge < -0.3 is 14.5 Å². The Labute approximate surface area is 288 Å². The topological polar surface area (TPSA) is 90.7 Å². The Morgan fingerprint density at radius 2 is 1.74 bits per heavy atom. The van der Waals surface area contributed by atoms with E-state index in [1.165, 1.54) is 17.6 Å². The number of fused-ring (bicyclic) bond motifs is 1. The lowest BCUT2D eigenvalue weighted by Gasteiger charge is -2.34. The van der Waals surface area contributed by atoms with Crippen LogP contribution < -0.4 is 0 Å². The SMILES string of the molecule is COC(=O)CN(CC(CCN1CCC(c2ccccc2[S@@](C)=O)CC1)c1ccc(Cl)c(Cl)c1)C(=O)c1cc(C#N)cc2ccccc12. The number of carbonyl (C=O) groups is 2. The van der Waals surface area contributed by atoms with Crippen LogP contribution in [0.1, 0.15) is 58.1 Å². The minimum Gasteiger partial charge on any atom is -0.468 e. The van der Waals surface area contributed by atoms with E-state index in [2.05, 4.69) is 17.0 Å². The van der Waals surface area contributed by atoms with Gasteiger partial charge in [-0.2, -0.15) is 5.26 Å². The number of methoxy groups -OCH3 is 1. The first-order valence-corrected chi connectivity index (χ1v) is 17.9. The third kappa shape index (κ3) is 8.41. The highest BCUT2D eigenvalue weighted by atomic mass is 35.5. The molecule has 5 rings (SSSR count). The molecule has 4 aromatic carbocycles. The number of rotatable bonds is 11. The molecule has 1 aliphatic heterocycles. The van der Waals surface area contributed by atoms with Gasteiger partial charge >= 0.3 is 5.97 Å². The molecule has 0 spiro atoms. The number of likely N-dealkylation sites (tertiary alicyclic amines) is 1. The average molecular weight is 691 g/mol. The second-order valence-electron chi connectivity index (χ2n) is 11.9. The van der Waals surface area contributed by atoms with Crippen LogP contribution in [0.4, 0.5) is 0 Å². The lowest BCUT2D eigenvalue weighted by molar-refractivity contribution is -0.141. The van der Waals surface area contributed by atoms with Gasteiger partial charge in [0.25, 0.3) is 5.91 Å². The smallest absolute Gasteiger partial charge is 0.325 e. The second kappa shape index (κ2) is 15.9. The predicted octanol–water partition coefficient (Wildman–Crippen LogP) is 7.42. The number of ether oxygens (including phenoxy) is 1. The number of hydrogen-bond acceptors (Lipinski definition) is 6. The molecule has 1 saturated heterocycles. The third-order valence-electron chi connectivity index (χ3n) is 8.96. The van der Waals surface area contributed by atoms with Crippen molar-refractivity contribution in [3.63, 3.8) is 0 Å². The first-order valence-electron chi connectivity index (χ1n) is 15.6. The van der Waals surface area contributed by atoms with Crippen LogP contribution in [-0.4, -0.2) is 72.0 Å². The fourth-order valence-corrected chi connectivity index (χ4v) is 7.59. The Morgan fingerprint density at radius 3 is 2.45 bits per heavy atom. The van der Waals surface area contributed by atoms with Crippen LogP contribution in [0.5, 0.6) is 0 Å². The zero-order valence-corrected chi connectivity index (χ0v) is 28.8. The van der Waals surface area contributed by atoms with E-state index in [9.17, 15) is 19.1 Å². The minimum atomic E-state index is -1.04. The van der Waals surface area contributed by atoms with Gasteiger partial charge in [0.05, 0.1) is 39.6 Å². The number of piperidine rings is 1. The van der Waals surface area contributed by atoms with E-state index in [0.29, 0.717) is 38.9 Å². The number of halogens is 2. The summed E-state index contributed by atoms with van der Waals surface area (Å²) in [6, 6.07) is 26.4. The number of nitriles is 1. The standard InChI is InChI=1S/C37H37Cl2N3O4S/c1-46-36(43)24-42(37(44)32-20-25(22-40)19-28-7-3-4-8-30(28)32)23-29(27-11-12-33(38)34(39)21-27)15-18-41-16-13-26(14-17-41)31-9-5-6-10-35(31)47(2)45/h3-12,19-21,26,29H,13-18,23-24H2,1-2H3/t29?,47-/m1/s1. The molecule has 244 valence electrons.